The summed E-state index contributed by atoms with van der Waals surface area (Å²) in [7, 11) is 0. The first-order valence-electron chi connectivity index (χ1n) is 13.3. The summed E-state index contributed by atoms with van der Waals surface area (Å²) in [5.41, 5.74) is 3.78. The third kappa shape index (κ3) is 3.62. The number of rotatable bonds is 3. The zero-order valence-electron chi connectivity index (χ0n) is 21.5. The van der Waals surface area contributed by atoms with E-state index < -0.39 is 0 Å². The van der Waals surface area contributed by atoms with E-state index in [-0.39, 0.29) is 0 Å². The second-order valence-electron chi connectivity index (χ2n) is 9.91. The molecule has 0 bridgehead atoms. The maximum atomic E-state index is 5.02. The van der Waals surface area contributed by atoms with Crippen molar-refractivity contribution in [2.45, 2.75) is 0 Å². The van der Waals surface area contributed by atoms with E-state index in [1.807, 2.05) is 0 Å². The van der Waals surface area contributed by atoms with Crippen LogP contribution in [0.4, 0.5) is 0 Å². The number of hydrogen-bond donors (Lipinski definition) is 0. The highest BCUT2D eigenvalue weighted by atomic mass is 15.0. The predicted octanol–water partition coefficient (Wildman–Crippen LogP) is 8.88. The molecule has 0 atom stereocenters. The second-order valence-corrected chi connectivity index (χ2v) is 9.91. The first-order valence-corrected chi connectivity index (χ1v) is 13.3. The molecule has 0 fully saturated rings. The Balaban J connectivity index is 1.42. The summed E-state index contributed by atoms with van der Waals surface area (Å²) in [6.07, 6.45) is 3.46. The van der Waals surface area contributed by atoms with E-state index in [1.54, 1.807) is 18.5 Å². The lowest BCUT2D eigenvalue weighted by Gasteiger charge is -2.13. The quantitative estimate of drug-likeness (QED) is 0.223. The fourth-order valence-corrected chi connectivity index (χ4v) is 5.77. The average molecular weight is 511 g/mol. The normalized spacial score (nSPS) is 11.5. The third-order valence-corrected chi connectivity index (χ3v) is 7.62. The fourth-order valence-electron chi connectivity index (χ4n) is 5.77. The first-order chi connectivity index (χ1) is 19.8. The van der Waals surface area contributed by atoms with Crippen LogP contribution in [-0.2, 0) is 0 Å². The highest BCUT2D eigenvalue weighted by Gasteiger charge is 2.16. The van der Waals surface area contributed by atoms with Crippen molar-refractivity contribution in [3.05, 3.63) is 134 Å². The monoisotopic (exact) mass is 510 g/mol. The number of benzene rings is 6. The van der Waals surface area contributed by atoms with Crippen LogP contribution in [0, 0.1) is 0 Å². The molecule has 0 aliphatic carbocycles. The van der Waals surface area contributed by atoms with Gasteiger partial charge in [-0.3, -0.25) is 0 Å². The summed E-state index contributed by atoms with van der Waals surface area (Å²) in [5.74, 6) is 1.01. The highest BCUT2D eigenvalue weighted by molar-refractivity contribution is 6.13. The maximum Gasteiger partial charge on any atom is 0.198 e. The molecule has 8 rings (SSSR count). The number of hydrogen-bond acceptors (Lipinski definition) is 4. The van der Waals surface area contributed by atoms with Crippen molar-refractivity contribution in [1.82, 2.24) is 19.9 Å². The van der Waals surface area contributed by atoms with Gasteiger partial charge in [-0.15, -0.1) is 0 Å². The van der Waals surface area contributed by atoms with E-state index in [0.29, 0.717) is 11.6 Å². The van der Waals surface area contributed by atoms with Gasteiger partial charge < -0.3 is 0 Å². The average Bonchev–Trinajstić information content (AvgIpc) is 3.04. The van der Waals surface area contributed by atoms with E-state index in [2.05, 4.69) is 125 Å². The van der Waals surface area contributed by atoms with Crippen LogP contribution in [0.1, 0.15) is 0 Å². The van der Waals surface area contributed by atoms with Gasteiger partial charge in [0.1, 0.15) is 0 Å². The van der Waals surface area contributed by atoms with Gasteiger partial charge in [0.05, 0.1) is 11.4 Å². The van der Waals surface area contributed by atoms with Crippen molar-refractivity contribution in [3.8, 4) is 34.2 Å². The zero-order valence-corrected chi connectivity index (χ0v) is 21.5. The van der Waals surface area contributed by atoms with Crippen molar-refractivity contribution in [2.75, 3.05) is 0 Å². The molecule has 40 heavy (non-hydrogen) atoms. The molecule has 4 nitrogen and oxygen atoms in total. The predicted molar refractivity (Wildman–Crippen MR) is 164 cm³/mol. The molecular formula is C36H22N4. The largest absolute Gasteiger partial charge is 0.234 e. The zero-order chi connectivity index (χ0) is 26.5. The summed E-state index contributed by atoms with van der Waals surface area (Å²) < 4.78 is 0. The van der Waals surface area contributed by atoms with Crippen LogP contribution in [0.2, 0.25) is 0 Å². The van der Waals surface area contributed by atoms with E-state index in [4.69, 9.17) is 9.97 Å². The lowest BCUT2D eigenvalue weighted by Crippen LogP contribution is -1.99. The Morgan fingerprint density at radius 1 is 0.350 bits per heavy atom. The van der Waals surface area contributed by atoms with E-state index in [9.17, 15) is 0 Å². The standard InChI is InChI=1S/C36H22N4/c1-3-10-25-23(8-1)16-18-29-27(25)12-5-14-31(29)33-22-34(40-36(39-33)35-37-20-7-21-38-35)32-15-6-13-28-26-11-4-2-9-24(26)17-19-30(28)32/h1-22H. The van der Waals surface area contributed by atoms with Gasteiger partial charge in [-0.05, 0) is 55.2 Å². The Labute approximate surface area is 230 Å². The topological polar surface area (TPSA) is 51.6 Å². The Kier molecular flexibility index (Phi) is 5.10. The van der Waals surface area contributed by atoms with Gasteiger partial charge in [0.15, 0.2) is 11.6 Å². The summed E-state index contributed by atoms with van der Waals surface area (Å²) >= 11 is 0. The molecule has 0 radical (unpaired) electrons. The molecule has 2 aromatic heterocycles. The molecule has 6 aromatic carbocycles. The molecule has 0 amide bonds. The van der Waals surface area contributed by atoms with Crippen LogP contribution in [0.5, 0.6) is 0 Å². The Hall–Kier alpha value is -5.48. The molecule has 0 saturated heterocycles. The molecule has 0 unspecified atom stereocenters. The summed E-state index contributed by atoms with van der Waals surface area (Å²) in [6, 6.07) is 42.5. The molecular weight excluding hydrogens is 488 g/mol. The number of fused-ring (bicyclic) bond motifs is 6. The van der Waals surface area contributed by atoms with Gasteiger partial charge >= 0.3 is 0 Å². The van der Waals surface area contributed by atoms with Crippen LogP contribution in [0.3, 0.4) is 0 Å². The molecule has 0 spiro atoms. The van der Waals surface area contributed by atoms with Gasteiger partial charge in [-0.1, -0.05) is 109 Å². The molecule has 0 aliphatic rings. The van der Waals surface area contributed by atoms with Crippen LogP contribution < -0.4 is 0 Å². The van der Waals surface area contributed by atoms with E-state index in [1.165, 1.54) is 32.3 Å². The summed E-state index contributed by atoms with van der Waals surface area (Å²) in [5, 5.41) is 9.58. The van der Waals surface area contributed by atoms with Crippen LogP contribution in [0.15, 0.2) is 134 Å². The van der Waals surface area contributed by atoms with Gasteiger partial charge in [-0.2, -0.15) is 0 Å². The van der Waals surface area contributed by atoms with Crippen molar-refractivity contribution in [2.24, 2.45) is 0 Å². The minimum Gasteiger partial charge on any atom is -0.234 e. The molecule has 4 heteroatoms. The minimum absolute atomic E-state index is 0.502. The Morgan fingerprint density at radius 2 is 0.850 bits per heavy atom. The minimum atomic E-state index is 0.502. The molecule has 2 heterocycles. The maximum absolute atomic E-state index is 5.02. The van der Waals surface area contributed by atoms with Crippen LogP contribution in [-0.4, -0.2) is 19.9 Å². The summed E-state index contributed by atoms with van der Waals surface area (Å²) in [6.45, 7) is 0. The fraction of sp³-hybridized carbons (Fsp3) is 0. The smallest absolute Gasteiger partial charge is 0.198 e. The van der Waals surface area contributed by atoms with Crippen molar-refractivity contribution in [3.63, 3.8) is 0 Å². The van der Waals surface area contributed by atoms with Gasteiger partial charge in [0, 0.05) is 23.5 Å². The Morgan fingerprint density at radius 3 is 1.40 bits per heavy atom. The van der Waals surface area contributed by atoms with Gasteiger partial charge in [-0.25, -0.2) is 19.9 Å². The van der Waals surface area contributed by atoms with E-state index >= 15 is 0 Å². The Bertz CT molecular complexity index is 2080. The van der Waals surface area contributed by atoms with Crippen LogP contribution in [0.25, 0.3) is 77.3 Å². The molecule has 186 valence electrons. The highest BCUT2D eigenvalue weighted by Crippen LogP contribution is 2.37. The number of aromatic nitrogens is 4. The lowest BCUT2D eigenvalue weighted by atomic mass is 9.95. The molecule has 0 saturated carbocycles. The van der Waals surface area contributed by atoms with Gasteiger partial charge in [0.2, 0.25) is 0 Å². The van der Waals surface area contributed by atoms with Crippen molar-refractivity contribution in [1.29, 1.82) is 0 Å². The molecule has 8 aromatic rings. The van der Waals surface area contributed by atoms with Gasteiger partial charge in [0.25, 0.3) is 0 Å². The SMILES string of the molecule is c1cnc(-c2nc(-c3cccc4c3ccc3ccccc34)cc(-c3cccc4c3ccc3ccccc34)n2)nc1. The third-order valence-electron chi connectivity index (χ3n) is 7.62. The lowest BCUT2D eigenvalue weighted by molar-refractivity contribution is 1.08. The van der Waals surface area contributed by atoms with Crippen LogP contribution >= 0.6 is 0 Å². The van der Waals surface area contributed by atoms with Crippen molar-refractivity contribution >= 4 is 43.1 Å². The second kappa shape index (κ2) is 9.07. The molecule has 0 aliphatic heterocycles. The molecule has 0 N–H and O–H groups in total. The first kappa shape index (κ1) is 22.5. The van der Waals surface area contributed by atoms with Crippen molar-refractivity contribution < 1.29 is 0 Å². The number of nitrogens with zero attached hydrogens (tertiary/aromatic N) is 4. The van der Waals surface area contributed by atoms with E-state index in [0.717, 1.165) is 33.3 Å². The summed E-state index contributed by atoms with van der Waals surface area (Å²) in [4.78, 5) is 19.0.